The Morgan fingerprint density at radius 1 is 1.22 bits per heavy atom. The fraction of sp³-hybridized carbons (Fsp3) is 1.00. The van der Waals surface area contributed by atoms with E-state index >= 15 is 0 Å². The van der Waals surface area contributed by atoms with E-state index in [2.05, 4.69) is 5.32 Å². The molecule has 1 rings (SSSR count). The number of halogens is 3. The van der Waals surface area contributed by atoms with Gasteiger partial charge in [-0.3, -0.25) is 4.90 Å². The molecule has 2 atom stereocenters. The second kappa shape index (κ2) is 6.75. The first-order chi connectivity index (χ1) is 8.33. The predicted octanol–water partition coefficient (Wildman–Crippen LogP) is 3.04. The highest BCUT2D eigenvalue weighted by atomic mass is 19.4. The van der Waals surface area contributed by atoms with Crippen molar-refractivity contribution in [1.29, 1.82) is 0 Å². The zero-order chi connectivity index (χ0) is 13.8. The third-order valence-electron chi connectivity index (χ3n) is 3.86. The largest absolute Gasteiger partial charge is 0.401 e. The maximum atomic E-state index is 12.5. The fourth-order valence-electron chi connectivity index (χ4n) is 2.80. The standard InChI is InChI=1S/C13H25F3N2/c1-10(2)18(9-13(14,15)16)8-11-6-4-5-7-12(11)17-3/h10-12,17H,4-9H2,1-3H3. The van der Waals surface area contributed by atoms with E-state index < -0.39 is 12.7 Å². The summed E-state index contributed by atoms with van der Waals surface area (Å²) in [4.78, 5) is 1.56. The highest BCUT2D eigenvalue weighted by Gasteiger charge is 2.34. The van der Waals surface area contributed by atoms with E-state index in [1.54, 1.807) is 4.90 Å². The van der Waals surface area contributed by atoms with Crippen molar-refractivity contribution < 1.29 is 13.2 Å². The van der Waals surface area contributed by atoms with Crippen LogP contribution in [0.15, 0.2) is 0 Å². The van der Waals surface area contributed by atoms with E-state index in [9.17, 15) is 13.2 Å². The van der Waals surface area contributed by atoms with Crippen LogP contribution < -0.4 is 5.32 Å². The normalized spacial score (nSPS) is 26.0. The molecule has 1 aliphatic rings. The van der Waals surface area contributed by atoms with Gasteiger partial charge in [-0.05, 0) is 39.7 Å². The summed E-state index contributed by atoms with van der Waals surface area (Å²) in [5, 5.41) is 3.25. The zero-order valence-corrected chi connectivity index (χ0v) is 11.6. The molecule has 0 aromatic rings. The number of rotatable bonds is 5. The smallest absolute Gasteiger partial charge is 0.317 e. The minimum Gasteiger partial charge on any atom is -0.317 e. The number of hydrogen-bond donors (Lipinski definition) is 1. The number of alkyl halides is 3. The SMILES string of the molecule is CNC1CCCCC1CN(CC(F)(F)F)C(C)C. The van der Waals surface area contributed by atoms with Crippen LogP contribution in [0, 0.1) is 5.92 Å². The third kappa shape index (κ3) is 5.14. The van der Waals surface area contributed by atoms with Crippen LogP contribution in [0.1, 0.15) is 39.5 Å². The molecule has 0 aliphatic heterocycles. The highest BCUT2D eigenvalue weighted by Crippen LogP contribution is 2.27. The first-order valence-corrected chi connectivity index (χ1v) is 6.81. The molecular formula is C13H25F3N2. The molecule has 0 bridgehead atoms. The molecule has 18 heavy (non-hydrogen) atoms. The molecule has 0 amide bonds. The van der Waals surface area contributed by atoms with Gasteiger partial charge in [0.15, 0.2) is 0 Å². The summed E-state index contributed by atoms with van der Waals surface area (Å²) >= 11 is 0. The summed E-state index contributed by atoms with van der Waals surface area (Å²) in [6.07, 6.45) is 0.337. The Morgan fingerprint density at radius 2 is 1.83 bits per heavy atom. The molecular weight excluding hydrogens is 241 g/mol. The van der Waals surface area contributed by atoms with E-state index in [0.717, 1.165) is 19.3 Å². The van der Waals surface area contributed by atoms with Crippen molar-refractivity contribution in [2.24, 2.45) is 5.92 Å². The van der Waals surface area contributed by atoms with Gasteiger partial charge in [0.05, 0.1) is 6.54 Å². The third-order valence-corrected chi connectivity index (χ3v) is 3.86. The van der Waals surface area contributed by atoms with Crippen molar-refractivity contribution in [3.63, 3.8) is 0 Å². The Labute approximate surface area is 108 Å². The lowest BCUT2D eigenvalue weighted by Gasteiger charge is -2.37. The topological polar surface area (TPSA) is 15.3 Å². The summed E-state index contributed by atoms with van der Waals surface area (Å²) in [6, 6.07) is 0.305. The molecule has 1 fully saturated rings. The molecule has 0 aromatic heterocycles. The Balaban J connectivity index is 2.58. The quantitative estimate of drug-likeness (QED) is 0.823. The summed E-state index contributed by atoms with van der Waals surface area (Å²) in [7, 11) is 1.91. The van der Waals surface area contributed by atoms with Crippen molar-refractivity contribution in [2.45, 2.75) is 57.8 Å². The summed E-state index contributed by atoms with van der Waals surface area (Å²) in [5.74, 6) is 0.341. The molecule has 108 valence electrons. The minimum atomic E-state index is -4.10. The first kappa shape index (κ1) is 15.8. The molecule has 1 saturated carbocycles. The predicted molar refractivity (Wildman–Crippen MR) is 67.6 cm³/mol. The Bertz CT molecular complexity index is 241. The van der Waals surface area contributed by atoms with Gasteiger partial charge in [0.2, 0.25) is 0 Å². The monoisotopic (exact) mass is 266 g/mol. The van der Waals surface area contributed by atoms with Gasteiger partial charge in [0, 0.05) is 18.6 Å². The molecule has 1 N–H and O–H groups in total. The lowest BCUT2D eigenvalue weighted by molar-refractivity contribution is -0.151. The molecule has 0 heterocycles. The maximum absolute atomic E-state index is 12.5. The Morgan fingerprint density at radius 3 is 2.33 bits per heavy atom. The molecule has 0 saturated heterocycles. The van der Waals surface area contributed by atoms with E-state index in [-0.39, 0.29) is 6.04 Å². The Hall–Kier alpha value is -0.290. The van der Waals surface area contributed by atoms with Gasteiger partial charge in [-0.25, -0.2) is 0 Å². The summed E-state index contributed by atoms with van der Waals surface area (Å²) < 4.78 is 37.6. The van der Waals surface area contributed by atoms with Crippen LogP contribution in [-0.2, 0) is 0 Å². The average molecular weight is 266 g/mol. The van der Waals surface area contributed by atoms with Crippen LogP contribution in [0.25, 0.3) is 0 Å². The second-order valence-electron chi connectivity index (χ2n) is 5.58. The van der Waals surface area contributed by atoms with Crippen LogP contribution in [0.3, 0.4) is 0 Å². The molecule has 0 spiro atoms. The first-order valence-electron chi connectivity index (χ1n) is 6.81. The number of hydrogen-bond acceptors (Lipinski definition) is 2. The second-order valence-corrected chi connectivity index (χ2v) is 5.58. The average Bonchev–Trinajstić information content (AvgIpc) is 2.27. The van der Waals surface area contributed by atoms with Gasteiger partial charge < -0.3 is 5.32 Å². The molecule has 0 aromatic carbocycles. The molecule has 2 nitrogen and oxygen atoms in total. The van der Waals surface area contributed by atoms with Crippen LogP contribution in [0.5, 0.6) is 0 Å². The summed E-state index contributed by atoms with van der Waals surface area (Å²) in [5.41, 5.74) is 0. The van der Waals surface area contributed by atoms with Gasteiger partial charge in [0.1, 0.15) is 0 Å². The molecule has 0 radical (unpaired) electrons. The van der Waals surface area contributed by atoms with Gasteiger partial charge in [-0.2, -0.15) is 13.2 Å². The van der Waals surface area contributed by atoms with E-state index in [4.69, 9.17) is 0 Å². The molecule has 1 aliphatic carbocycles. The van der Waals surface area contributed by atoms with Crippen LogP contribution in [0.2, 0.25) is 0 Å². The maximum Gasteiger partial charge on any atom is 0.401 e. The van der Waals surface area contributed by atoms with Crippen LogP contribution >= 0.6 is 0 Å². The van der Waals surface area contributed by atoms with Crippen molar-refractivity contribution in [3.05, 3.63) is 0 Å². The van der Waals surface area contributed by atoms with Crippen molar-refractivity contribution in [3.8, 4) is 0 Å². The summed E-state index contributed by atoms with van der Waals surface area (Å²) in [6.45, 7) is 3.42. The van der Waals surface area contributed by atoms with Crippen LogP contribution in [-0.4, -0.2) is 43.3 Å². The Kier molecular flexibility index (Phi) is 5.92. The van der Waals surface area contributed by atoms with Crippen LogP contribution in [0.4, 0.5) is 13.2 Å². The van der Waals surface area contributed by atoms with E-state index in [1.165, 1.54) is 6.42 Å². The van der Waals surface area contributed by atoms with E-state index in [0.29, 0.717) is 18.5 Å². The van der Waals surface area contributed by atoms with Gasteiger partial charge in [-0.15, -0.1) is 0 Å². The van der Waals surface area contributed by atoms with Gasteiger partial charge in [-0.1, -0.05) is 12.8 Å². The van der Waals surface area contributed by atoms with Gasteiger partial charge >= 0.3 is 6.18 Å². The lowest BCUT2D eigenvalue weighted by Crippen LogP contribution is -2.47. The highest BCUT2D eigenvalue weighted by molar-refractivity contribution is 4.83. The number of nitrogens with zero attached hydrogens (tertiary/aromatic N) is 1. The molecule has 2 unspecified atom stereocenters. The number of nitrogens with one attached hydrogen (secondary N) is 1. The zero-order valence-electron chi connectivity index (χ0n) is 11.6. The minimum absolute atomic E-state index is 0.0638. The lowest BCUT2D eigenvalue weighted by atomic mass is 9.84. The fourth-order valence-corrected chi connectivity index (χ4v) is 2.80. The molecule has 5 heteroatoms. The van der Waals surface area contributed by atoms with Crippen molar-refractivity contribution >= 4 is 0 Å². The van der Waals surface area contributed by atoms with Crippen molar-refractivity contribution in [2.75, 3.05) is 20.1 Å². The van der Waals surface area contributed by atoms with Crippen molar-refractivity contribution in [1.82, 2.24) is 10.2 Å². The van der Waals surface area contributed by atoms with E-state index in [1.807, 2.05) is 20.9 Å². The van der Waals surface area contributed by atoms with Gasteiger partial charge in [0.25, 0.3) is 0 Å².